The molecule has 3 heterocycles. The van der Waals surface area contributed by atoms with Crippen LogP contribution in [0.2, 0.25) is 0 Å². The van der Waals surface area contributed by atoms with Gasteiger partial charge in [0.1, 0.15) is 0 Å². The lowest BCUT2D eigenvalue weighted by Crippen LogP contribution is -2.52. The molecule has 3 aliphatic heterocycles. The van der Waals surface area contributed by atoms with Crippen molar-refractivity contribution in [2.24, 2.45) is 11.7 Å². The molecule has 0 amide bonds. The molecule has 0 spiro atoms. The zero-order valence-corrected chi connectivity index (χ0v) is 8.16. The molecule has 2 bridgehead atoms. The number of nitrogens with two attached hydrogens (primary N) is 1. The smallest absolute Gasteiger partial charge is 0.0574 e. The Hall–Kier alpha value is 0.500. The van der Waals surface area contributed by atoms with Crippen molar-refractivity contribution in [2.75, 3.05) is 13.1 Å². The Bertz CT molecular complexity index is 113. The van der Waals surface area contributed by atoms with Crippen LogP contribution >= 0.6 is 24.8 Å². The molecule has 3 rings (SSSR count). The molecule has 0 saturated carbocycles. The first-order valence-corrected chi connectivity index (χ1v) is 3.86. The summed E-state index contributed by atoms with van der Waals surface area (Å²) in [7, 11) is 0. The van der Waals surface area contributed by atoms with E-state index in [1.807, 2.05) is 0 Å². The predicted molar refractivity (Wildman–Crippen MR) is 51.4 cm³/mol. The lowest BCUT2D eigenvalue weighted by Gasteiger charge is -2.43. The summed E-state index contributed by atoms with van der Waals surface area (Å²) in [6.07, 6.45) is 4.44. The second-order valence-electron chi connectivity index (χ2n) is 3.28. The minimum Gasteiger partial charge on any atom is -0.316 e. The van der Waals surface area contributed by atoms with Crippen molar-refractivity contribution >= 4 is 24.8 Å². The van der Waals surface area contributed by atoms with E-state index in [1.54, 1.807) is 0 Å². The van der Waals surface area contributed by atoms with Gasteiger partial charge in [0.2, 0.25) is 0 Å². The Balaban J connectivity index is 0.000000500. The van der Waals surface area contributed by atoms with Crippen LogP contribution in [0.5, 0.6) is 0 Å². The molecule has 0 radical (unpaired) electrons. The van der Waals surface area contributed by atoms with Crippen LogP contribution in [0.15, 0.2) is 0 Å². The maximum absolute atomic E-state index is 5.85. The minimum atomic E-state index is 0. The van der Waals surface area contributed by atoms with Gasteiger partial charge in [-0.15, -0.1) is 24.8 Å². The first kappa shape index (κ1) is 11.5. The zero-order valence-electron chi connectivity index (χ0n) is 6.53. The standard InChI is InChI=1S/C7H14N2.2ClH/c8-7-5-6-1-3-9(7)4-2-6;;/h6-7H,1-5,8H2;2*1H/t7-;;/m0../s1. The average Bonchev–Trinajstić information content (AvgIpc) is 1.90. The van der Waals surface area contributed by atoms with Crippen molar-refractivity contribution in [2.45, 2.75) is 25.4 Å². The molecule has 0 aromatic carbocycles. The molecule has 0 unspecified atom stereocenters. The molecule has 3 saturated heterocycles. The van der Waals surface area contributed by atoms with Crippen molar-refractivity contribution in [3.8, 4) is 0 Å². The highest BCUT2D eigenvalue weighted by atomic mass is 35.5. The summed E-state index contributed by atoms with van der Waals surface area (Å²) < 4.78 is 0. The van der Waals surface area contributed by atoms with Gasteiger partial charge in [0.25, 0.3) is 0 Å². The number of rotatable bonds is 0. The van der Waals surface area contributed by atoms with Crippen molar-refractivity contribution < 1.29 is 0 Å². The van der Waals surface area contributed by atoms with Gasteiger partial charge >= 0.3 is 0 Å². The normalized spacial score (nSPS) is 40.6. The Labute approximate surface area is 80.3 Å². The second kappa shape index (κ2) is 4.51. The molecule has 2 nitrogen and oxygen atoms in total. The number of hydrogen-bond donors (Lipinski definition) is 1. The van der Waals surface area contributed by atoms with Crippen LogP contribution in [0.3, 0.4) is 0 Å². The highest BCUT2D eigenvalue weighted by molar-refractivity contribution is 5.85. The fourth-order valence-corrected chi connectivity index (χ4v) is 2.01. The van der Waals surface area contributed by atoms with Gasteiger partial charge in [-0.25, -0.2) is 0 Å². The number of fused-ring (bicyclic) bond motifs is 3. The summed E-state index contributed by atoms with van der Waals surface area (Å²) in [5, 5.41) is 0. The molecule has 68 valence electrons. The van der Waals surface area contributed by atoms with Gasteiger partial charge in [0, 0.05) is 0 Å². The first-order chi connectivity index (χ1) is 4.36. The summed E-state index contributed by atoms with van der Waals surface area (Å²) in [6, 6.07) is 0. The van der Waals surface area contributed by atoms with Gasteiger partial charge in [-0.2, -0.15) is 0 Å². The van der Waals surface area contributed by atoms with Crippen LogP contribution in [0.4, 0.5) is 0 Å². The first-order valence-electron chi connectivity index (χ1n) is 3.86. The van der Waals surface area contributed by atoms with E-state index in [9.17, 15) is 0 Å². The number of hydrogen-bond acceptors (Lipinski definition) is 2. The molecular formula is C7H16Cl2N2. The summed E-state index contributed by atoms with van der Waals surface area (Å²) >= 11 is 0. The molecule has 3 aliphatic rings. The third-order valence-corrected chi connectivity index (χ3v) is 2.69. The molecular weight excluding hydrogens is 183 g/mol. The topological polar surface area (TPSA) is 29.3 Å². The fourth-order valence-electron chi connectivity index (χ4n) is 2.01. The lowest BCUT2D eigenvalue weighted by molar-refractivity contribution is 0.0531. The maximum Gasteiger partial charge on any atom is 0.0574 e. The van der Waals surface area contributed by atoms with Crippen molar-refractivity contribution in [1.29, 1.82) is 0 Å². The van der Waals surface area contributed by atoms with Crippen molar-refractivity contribution in [3.63, 3.8) is 0 Å². The van der Waals surface area contributed by atoms with E-state index < -0.39 is 0 Å². The van der Waals surface area contributed by atoms with Crippen LogP contribution in [0.25, 0.3) is 0 Å². The van der Waals surface area contributed by atoms with Crippen LogP contribution < -0.4 is 5.73 Å². The lowest BCUT2D eigenvalue weighted by atomic mass is 9.87. The van der Waals surface area contributed by atoms with Gasteiger partial charge < -0.3 is 5.73 Å². The highest BCUT2D eigenvalue weighted by Gasteiger charge is 2.30. The molecule has 2 N–H and O–H groups in total. The van der Waals surface area contributed by atoms with Gasteiger partial charge in [0.05, 0.1) is 6.17 Å². The fraction of sp³-hybridized carbons (Fsp3) is 1.00. The number of halogens is 2. The Kier molecular flexibility index (Phi) is 4.71. The zero-order chi connectivity index (χ0) is 6.27. The third-order valence-electron chi connectivity index (χ3n) is 2.69. The summed E-state index contributed by atoms with van der Waals surface area (Å²) in [4.78, 5) is 2.40. The van der Waals surface area contributed by atoms with Gasteiger partial charge in [-0.3, -0.25) is 4.90 Å². The second-order valence-corrected chi connectivity index (χ2v) is 3.28. The molecule has 0 aromatic rings. The molecule has 0 aromatic heterocycles. The van der Waals surface area contributed by atoms with Crippen LogP contribution in [0, 0.1) is 5.92 Å². The Morgan fingerprint density at radius 2 is 1.64 bits per heavy atom. The van der Waals surface area contributed by atoms with Gasteiger partial charge in [-0.05, 0) is 38.3 Å². The maximum atomic E-state index is 5.85. The average molecular weight is 199 g/mol. The monoisotopic (exact) mass is 198 g/mol. The third kappa shape index (κ3) is 2.22. The van der Waals surface area contributed by atoms with Gasteiger partial charge in [0.15, 0.2) is 0 Å². The molecule has 11 heavy (non-hydrogen) atoms. The Morgan fingerprint density at radius 1 is 1.09 bits per heavy atom. The van der Waals surface area contributed by atoms with E-state index in [-0.39, 0.29) is 24.8 Å². The van der Waals surface area contributed by atoms with Crippen LogP contribution in [-0.4, -0.2) is 24.2 Å². The van der Waals surface area contributed by atoms with Crippen molar-refractivity contribution in [3.05, 3.63) is 0 Å². The number of piperidine rings is 3. The Morgan fingerprint density at radius 3 is 1.82 bits per heavy atom. The SMILES string of the molecule is Cl.Cl.N[C@@H]1CC2CCN1CC2. The van der Waals surface area contributed by atoms with E-state index in [4.69, 9.17) is 5.73 Å². The summed E-state index contributed by atoms with van der Waals surface area (Å²) in [6.45, 7) is 2.51. The predicted octanol–water partition coefficient (Wildman–Crippen LogP) is 1.23. The summed E-state index contributed by atoms with van der Waals surface area (Å²) in [5.74, 6) is 0.963. The number of nitrogens with zero attached hydrogens (tertiary/aromatic N) is 1. The molecule has 1 atom stereocenters. The minimum absolute atomic E-state index is 0. The van der Waals surface area contributed by atoms with E-state index in [1.165, 1.54) is 32.4 Å². The van der Waals surface area contributed by atoms with Gasteiger partial charge in [-0.1, -0.05) is 0 Å². The van der Waals surface area contributed by atoms with E-state index in [2.05, 4.69) is 4.90 Å². The highest BCUT2D eigenvalue weighted by Crippen LogP contribution is 2.29. The van der Waals surface area contributed by atoms with Crippen LogP contribution in [0.1, 0.15) is 19.3 Å². The molecule has 3 fully saturated rings. The van der Waals surface area contributed by atoms with Crippen molar-refractivity contribution in [1.82, 2.24) is 4.90 Å². The quantitative estimate of drug-likeness (QED) is 0.635. The van der Waals surface area contributed by atoms with E-state index in [0.29, 0.717) is 6.17 Å². The summed E-state index contributed by atoms with van der Waals surface area (Å²) in [5.41, 5.74) is 5.85. The van der Waals surface area contributed by atoms with E-state index in [0.717, 1.165) is 5.92 Å². The van der Waals surface area contributed by atoms with Crippen LogP contribution in [-0.2, 0) is 0 Å². The molecule has 4 heteroatoms. The largest absolute Gasteiger partial charge is 0.316 e. The molecule has 0 aliphatic carbocycles. The van der Waals surface area contributed by atoms with E-state index >= 15 is 0 Å².